The molecule has 2 rings (SSSR count). The number of amides is 1. The van der Waals surface area contributed by atoms with E-state index in [-0.39, 0.29) is 23.2 Å². The number of carbonyl (C=O) groups excluding carboxylic acids is 1. The summed E-state index contributed by atoms with van der Waals surface area (Å²) in [5.41, 5.74) is 5.20. The Labute approximate surface area is 141 Å². The van der Waals surface area contributed by atoms with Gasteiger partial charge in [0.25, 0.3) is 5.56 Å². The molecule has 23 heavy (non-hydrogen) atoms. The van der Waals surface area contributed by atoms with Gasteiger partial charge in [-0.3, -0.25) is 14.9 Å². The van der Waals surface area contributed by atoms with Crippen LogP contribution in [-0.4, -0.2) is 31.3 Å². The number of hydrogen-bond donors (Lipinski definition) is 3. The molecule has 0 bridgehead atoms. The van der Waals surface area contributed by atoms with Crippen LogP contribution in [-0.2, 0) is 4.79 Å². The van der Waals surface area contributed by atoms with Gasteiger partial charge in [-0.1, -0.05) is 43.9 Å². The van der Waals surface area contributed by atoms with Gasteiger partial charge in [0.2, 0.25) is 11.0 Å². The van der Waals surface area contributed by atoms with Gasteiger partial charge in [-0.25, -0.2) is 4.98 Å². The molecule has 1 atom stereocenters. The number of rotatable bonds is 6. The number of nitrogen functional groups attached to an aromatic ring is 1. The van der Waals surface area contributed by atoms with E-state index in [9.17, 15) is 9.59 Å². The molecule has 0 saturated heterocycles. The van der Waals surface area contributed by atoms with Crippen LogP contribution in [0.3, 0.4) is 0 Å². The Morgan fingerprint density at radius 2 is 2.22 bits per heavy atom. The third-order valence-electron chi connectivity index (χ3n) is 2.82. The fraction of sp³-hybridized carbons (Fsp3) is 0.462. The number of thioether (sulfide) groups is 1. The van der Waals surface area contributed by atoms with Crippen LogP contribution in [0.2, 0.25) is 0 Å². The van der Waals surface area contributed by atoms with Crippen LogP contribution in [0.15, 0.2) is 16.0 Å². The van der Waals surface area contributed by atoms with Crippen molar-refractivity contribution in [2.24, 2.45) is 0 Å². The Morgan fingerprint density at radius 3 is 2.78 bits per heavy atom. The van der Waals surface area contributed by atoms with Crippen molar-refractivity contribution in [3.8, 4) is 0 Å². The van der Waals surface area contributed by atoms with E-state index >= 15 is 0 Å². The molecule has 8 nitrogen and oxygen atoms in total. The van der Waals surface area contributed by atoms with Crippen molar-refractivity contribution in [1.29, 1.82) is 0 Å². The zero-order valence-electron chi connectivity index (χ0n) is 13.0. The molecule has 0 unspecified atom stereocenters. The topological polar surface area (TPSA) is 127 Å². The number of aromatic amines is 1. The van der Waals surface area contributed by atoms with E-state index in [0.717, 1.165) is 16.8 Å². The molecule has 0 aliphatic carbocycles. The number of nitrogens with zero attached hydrogens (tertiary/aromatic N) is 3. The average Bonchev–Trinajstić information content (AvgIpc) is 2.92. The highest BCUT2D eigenvalue weighted by Gasteiger charge is 2.21. The van der Waals surface area contributed by atoms with Crippen molar-refractivity contribution in [2.45, 2.75) is 43.5 Å². The van der Waals surface area contributed by atoms with Crippen LogP contribution in [0.5, 0.6) is 0 Å². The maximum atomic E-state index is 12.4. The molecule has 1 amide bonds. The van der Waals surface area contributed by atoms with Gasteiger partial charge in [0.1, 0.15) is 10.8 Å². The van der Waals surface area contributed by atoms with E-state index in [1.165, 1.54) is 17.4 Å². The minimum absolute atomic E-state index is 0.122. The van der Waals surface area contributed by atoms with Gasteiger partial charge in [-0.2, -0.15) is 0 Å². The molecule has 0 saturated carbocycles. The van der Waals surface area contributed by atoms with Gasteiger partial charge in [0.05, 0.1) is 5.25 Å². The molecule has 0 radical (unpaired) electrons. The fourth-order valence-electron chi connectivity index (χ4n) is 1.67. The summed E-state index contributed by atoms with van der Waals surface area (Å²) >= 11 is 2.51. The van der Waals surface area contributed by atoms with Crippen LogP contribution in [0.1, 0.15) is 38.1 Å². The molecule has 0 fully saturated rings. The maximum absolute atomic E-state index is 12.4. The van der Waals surface area contributed by atoms with E-state index in [0.29, 0.717) is 16.7 Å². The molecule has 4 N–H and O–H groups in total. The highest BCUT2D eigenvalue weighted by molar-refractivity contribution is 8.00. The number of nitrogens with one attached hydrogen (secondary N) is 2. The second-order valence-electron chi connectivity index (χ2n) is 5.08. The Balaban J connectivity index is 2.07. The molecule has 2 aromatic rings. The summed E-state index contributed by atoms with van der Waals surface area (Å²) in [5.74, 6) is 0.169. The summed E-state index contributed by atoms with van der Waals surface area (Å²) in [6, 6.07) is 1.19. The molecule has 10 heteroatoms. The largest absolute Gasteiger partial charge is 0.383 e. The van der Waals surface area contributed by atoms with E-state index in [2.05, 4.69) is 25.5 Å². The quantitative estimate of drug-likeness (QED) is 0.533. The molecule has 124 valence electrons. The summed E-state index contributed by atoms with van der Waals surface area (Å²) in [6.07, 6.45) is 0.560. The third kappa shape index (κ3) is 4.76. The number of nitrogens with two attached hydrogens (primary N) is 1. The molecule has 0 aliphatic rings. The zero-order chi connectivity index (χ0) is 17.0. The van der Waals surface area contributed by atoms with E-state index in [1.54, 1.807) is 0 Å². The minimum atomic E-state index is -0.425. The summed E-state index contributed by atoms with van der Waals surface area (Å²) in [5, 5.41) is 12.0. The maximum Gasteiger partial charge on any atom is 0.253 e. The predicted octanol–water partition coefficient (Wildman–Crippen LogP) is 1.84. The highest BCUT2D eigenvalue weighted by Crippen LogP contribution is 2.26. The van der Waals surface area contributed by atoms with Crippen molar-refractivity contribution >= 4 is 40.0 Å². The second kappa shape index (κ2) is 7.55. The van der Waals surface area contributed by atoms with Gasteiger partial charge in [0.15, 0.2) is 5.16 Å². The fourth-order valence-corrected chi connectivity index (χ4v) is 3.34. The molecular weight excluding hydrogens is 336 g/mol. The van der Waals surface area contributed by atoms with Gasteiger partial charge in [-0.05, 0) is 6.42 Å². The van der Waals surface area contributed by atoms with Gasteiger partial charge >= 0.3 is 0 Å². The molecule has 2 heterocycles. The van der Waals surface area contributed by atoms with Gasteiger partial charge in [-0.15, -0.1) is 10.2 Å². The van der Waals surface area contributed by atoms with E-state index in [4.69, 9.17) is 5.73 Å². The molecule has 0 aliphatic heterocycles. The van der Waals surface area contributed by atoms with E-state index in [1.807, 2.05) is 20.8 Å². The summed E-state index contributed by atoms with van der Waals surface area (Å²) in [4.78, 5) is 30.3. The number of anilines is 2. The number of H-pyrrole nitrogens is 1. The first-order chi connectivity index (χ1) is 10.9. The summed E-state index contributed by atoms with van der Waals surface area (Å²) < 4.78 is 0. The molecule has 2 aromatic heterocycles. The van der Waals surface area contributed by atoms with Gasteiger partial charge in [0, 0.05) is 12.0 Å². The first-order valence-corrected chi connectivity index (χ1v) is 8.76. The monoisotopic (exact) mass is 354 g/mol. The predicted molar refractivity (Wildman–Crippen MR) is 91.8 cm³/mol. The first-order valence-electron chi connectivity index (χ1n) is 7.06. The summed E-state index contributed by atoms with van der Waals surface area (Å²) in [7, 11) is 0. The lowest BCUT2D eigenvalue weighted by Crippen LogP contribution is -2.25. The van der Waals surface area contributed by atoms with Gasteiger partial charge < -0.3 is 10.7 Å². The Bertz CT molecular complexity index is 742. The third-order valence-corrected chi connectivity index (χ3v) is 5.21. The first kappa shape index (κ1) is 17.4. The summed E-state index contributed by atoms with van der Waals surface area (Å²) in [6.45, 7) is 5.90. The smallest absolute Gasteiger partial charge is 0.253 e. The van der Waals surface area contributed by atoms with Crippen molar-refractivity contribution < 1.29 is 4.79 Å². The van der Waals surface area contributed by atoms with Crippen LogP contribution < -0.4 is 16.6 Å². The normalized spacial score (nSPS) is 12.3. The standard InChI is InChI=1S/C13H18N6O2S2/c1-4-7(22-12-15-8(14)5-9(20)16-12)10(21)17-13-19-18-11(23-13)6(2)3/h5-7H,4H2,1-3H3,(H,17,19,21)(H3,14,15,16,20)/t7-/m1/s1. The van der Waals surface area contributed by atoms with Crippen LogP contribution in [0.4, 0.5) is 10.9 Å². The lowest BCUT2D eigenvalue weighted by Gasteiger charge is -2.12. The number of carbonyl (C=O) groups is 1. The highest BCUT2D eigenvalue weighted by atomic mass is 32.2. The number of aromatic nitrogens is 4. The van der Waals surface area contributed by atoms with Crippen LogP contribution in [0.25, 0.3) is 0 Å². The lowest BCUT2D eigenvalue weighted by atomic mass is 10.2. The Hall–Kier alpha value is -1.94. The van der Waals surface area contributed by atoms with Crippen molar-refractivity contribution in [3.05, 3.63) is 21.4 Å². The van der Waals surface area contributed by atoms with Crippen molar-refractivity contribution in [1.82, 2.24) is 20.2 Å². The van der Waals surface area contributed by atoms with Crippen molar-refractivity contribution in [2.75, 3.05) is 11.1 Å². The molecule has 0 spiro atoms. The Kier molecular flexibility index (Phi) is 5.72. The zero-order valence-corrected chi connectivity index (χ0v) is 14.6. The minimum Gasteiger partial charge on any atom is -0.383 e. The molecule has 0 aromatic carbocycles. The number of hydrogen-bond acceptors (Lipinski definition) is 8. The van der Waals surface area contributed by atoms with Crippen LogP contribution in [0, 0.1) is 0 Å². The second-order valence-corrected chi connectivity index (χ2v) is 7.28. The van der Waals surface area contributed by atoms with E-state index < -0.39 is 5.25 Å². The van der Waals surface area contributed by atoms with Crippen LogP contribution >= 0.6 is 23.1 Å². The average molecular weight is 354 g/mol. The SMILES string of the molecule is CC[C@@H](Sc1nc(N)cc(=O)[nH]1)C(=O)Nc1nnc(C(C)C)s1. The van der Waals surface area contributed by atoms with Crippen molar-refractivity contribution in [3.63, 3.8) is 0 Å². The molecular formula is C13H18N6O2S2. The Morgan fingerprint density at radius 1 is 1.48 bits per heavy atom. The lowest BCUT2D eigenvalue weighted by molar-refractivity contribution is -0.115.